The fourth-order valence-corrected chi connectivity index (χ4v) is 1.83. The third-order valence-electron chi connectivity index (χ3n) is 2.74. The number of aliphatic hydroxyl groups excluding tert-OH is 1. The van der Waals surface area contributed by atoms with Crippen LogP contribution in [0.4, 0.5) is 9.59 Å². The van der Waals surface area contributed by atoms with E-state index in [1.807, 2.05) is 0 Å². The summed E-state index contributed by atoms with van der Waals surface area (Å²) in [5.41, 5.74) is 0.483. The van der Waals surface area contributed by atoms with Crippen molar-refractivity contribution in [2.75, 3.05) is 20.8 Å². The summed E-state index contributed by atoms with van der Waals surface area (Å²) in [7, 11) is 2.33. The number of fused-ring (bicyclic) bond motifs is 1. The minimum absolute atomic E-state index is 0.0795. The maximum absolute atomic E-state index is 11.3. The molecule has 21 heavy (non-hydrogen) atoms. The Morgan fingerprint density at radius 1 is 1.19 bits per heavy atom. The first-order valence-electron chi connectivity index (χ1n) is 6.03. The van der Waals surface area contributed by atoms with Crippen molar-refractivity contribution in [2.24, 2.45) is 0 Å². The van der Waals surface area contributed by atoms with Gasteiger partial charge in [0.15, 0.2) is 0 Å². The van der Waals surface area contributed by atoms with Gasteiger partial charge < -0.3 is 28.8 Å². The molecule has 0 amide bonds. The maximum atomic E-state index is 11.3. The van der Waals surface area contributed by atoms with Crippen molar-refractivity contribution in [3.63, 3.8) is 0 Å². The molecule has 0 spiro atoms. The summed E-state index contributed by atoms with van der Waals surface area (Å²) in [6.07, 6.45) is -2.34. The quantitative estimate of drug-likeness (QED) is 0.643. The number of aliphatic hydroxyl groups is 1. The molecule has 1 aromatic carbocycles. The maximum Gasteiger partial charge on any atom is 0.513 e. The van der Waals surface area contributed by atoms with E-state index in [1.165, 1.54) is 19.2 Å². The first-order chi connectivity index (χ1) is 10.0. The van der Waals surface area contributed by atoms with Gasteiger partial charge in [-0.3, -0.25) is 0 Å². The number of benzene rings is 1. The molecule has 0 radical (unpaired) electrons. The summed E-state index contributed by atoms with van der Waals surface area (Å²) in [5.74, 6) is 0.508. The third-order valence-corrected chi connectivity index (χ3v) is 2.74. The molecule has 2 rings (SSSR count). The lowest BCUT2D eigenvalue weighted by molar-refractivity contribution is 0.0879. The number of methoxy groups -OCH3 is 2. The highest BCUT2D eigenvalue weighted by Gasteiger charge is 2.25. The van der Waals surface area contributed by atoms with Gasteiger partial charge in [-0.25, -0.2) is 9.59 Å². The van der Waals surface area contributed by atoms with Gasteiger partial charge in [0.2, 0.25) is 0 Å². The first-order valence-corrected chi connectivity index (χ1v) is 6.03. The number of ether oxygens (including phenoxy) is 5. The monoisotopic (exact) mass is 298 g/mol. The summed E-state index contributed by atoms with van der Waals surface area (Å²) in [4.78, 5) is 22.4. The van der Waals surface area contributed by atoms with E-state index in [2.05, 4.69) is 9.47 Å². The molecular formula is C13H14O8. The molecule has 0 unspecified atom stereocenters. The Labute approximate surface area is 120 Å². The molecule has 1 aliphatic rings. The molecule has 0 saturated heterocycles. The fourth-order valence-electron chi connectivity index (χ4n) is 1.83. The molecule has 0 bridgehead atoms. The molecule has 8 heteroatoms. The van der Waals surface area contributed by atoms with Gasteiger partial charge >= 0.3 is 12.3 Å². The Kier molecular flexibility index (Phi) is 4.49. The van der Waals surface area contributed by atoms with E-state index in [9.17, 15) is 14.7 Å². The van der Waals surface area contributed by atoms with E-state index in [-0.39, 0.29) is 24.5 Å². The normalized spacial score (nSPS) is 16.2. The zero-order valence-corrected chi connectivity index (χ0v) is 11.5. The minimum atomic E-state index is -0.938. The van der Waals surface area contributed by atoms with E-state index in [0.717, 1.165) is 7.11 Å². The lowest BCUT2D eigenvalue weighted by Gasteiger charge is -2.24. The van der Waals surface area contributed by atoms with E-state index >= 15 is 0 Å². The molecule has 1 aromatic rings. The van der Waals surface area contributed by atoms with Gasteiger partial charge in [-0.15, -0.1) is 0 Å². The second-order valence-electron chi connectivity index (χ2n) is 4.18. The number of carbonyl (C=O) groups excluding carboxylic acids is 2. The molecule has 0 fully saturated rings. The van der Waals surface area contributed by atoms with Gasteiger partial charge in [0.25, 0.3) is 0 Å². The van der Waals surface area contributed by atoms with E-state index in [4.69, 9.17) is 14.2 Å². The van der Waals surface area contributed by atoms with Crippen LogP contribution in [0.3, 0.4) is 0 Å². The largest absolute Gasteiger partial charge is 0.513 e. The highest BCUT2D eigenvalue weighted by atomic mass is 16.7. The first kappa shape index (κ1) is 14.9. The predicted octanol–water partition coefficient (Wildman–Crippen LogP) is 1.27. The number of carbonyl (C=O) groups is 2. The highest BCUT2D eigenvalue weighted by Crippen LogP contribution is 2.37. The van der Waals surface area contributed by atoms with Crippen molar-refractivity contribution >= 4 is 12.3 Å². The summed E-state index contributed by atoms with van der Waals surface area (Å²) in [6.45, 7) is 0.0896. The smallest absolute Gasteiger partial charge is 0.490 e. The lowest BCUT2D eigenvalue weighted by Crippen LogP contribution is -2.26. The summed E-state index contributed by atoms with van der Waals surface area (Å²) < 4.78 is 24.0. The van der Waals surface area contributed by atoms with Crippen molar-refractivity contribution < 1.29 is 38.4 Å². The van der Waals surface area contributed by atoms with Crippen LogP contribution in [0.1, 0.15) is 5.56 Å². The van der Waals surface area contributed by atoms with Crippen LogP contribution in [-0.4, -0.2) is 44.3 Å². The Morgan fingerprint density at radius 3 is 2.52 bits per heavy atom. The van der Waals surface area contributed by atoms with Gasteiger partial charge in [0, 0.05) is 24.1 Å². The zero-order valence-electron chi connectivity index (χ0n) is 11.5. The Morgan fingerprint density at radius 2 is 1.86 bits per heavy atom. The fraction of sp³-hybridized carbons (Fsp3) is 0.385. The summed E-state index contributed by atoms with van der Waals surface area (Å²) in [5, 5.41) is 9.62. The van der Waals surface area contributed by atoms with Crippen LogP contribution in [0.25, 0.3) is 0 Å². The molecule has 0 aliphatic carbocycles. The topological polar surface area (TPSA) is 101 Å². The molecule has 1 N–H and O–H groups in total. The molecule has 1 heterocycles. The van der Waals surface area contributed by atoms with Crippen molar-refractivity contribution in [3.05, 3.63) is 17.7 Å². The van der Waals surface area contributed by atoms with Crippen molar-refractivity contribution in [1.82, 2.24) is 0 Å². The van der Waals surface area contributed by atoms with E-state index < -0.39 is 18.4 Å². The van der Waals surface area contributed by atoms with Gasteiger partial charge in [-0.2, -0.15) is 0 Å². The summed E-state index contributed by atoms with van der Waals surface area (Å²) in [6, 6.07) is 2.76. The van der Waals surface area contributed by atoms with Gasteiger partial charge in [0.05, 0.1) is 20.3 Å². The van der Waals surface area contributed by atoms with Crippen LogP contribution in [0.2, 0.25) is 0 Å². The molecule has 114 valence electrons. The Hall–Kier alpha value is -2.48. The molecular weight excluding hydrogens is 284 g/mol. The van der Waals surface area contributed by atoms with Gasteiger partial charge in [-0.1, -0.05) is 0 Å². The number of hydrogen-bond donors (Lipinski definition) is 1. The Balaban J connectivity index is 2.36. The minimum Gasteiger partial charge on any atom is -0.490 e. The molecule has 0 aromatic heterocycles. The molecule has 0 saturated carbocycles. The van der Waals surface area contributed by atoms with E-state index in [0.29, 0.717) is 11.3 Å². The van der Waals surface area contributed by atoms with Crippen LogP contribution in [0.15, 0.2) is 12.1 Å². The standard InChI is InChI=1S/C13H14O8/c1-17-12(15)20-8-4-10-9(3-7(14)6-19-10)11(5-8)21-13(16)18-2/h4-5,7,14H,3,6H2,1-2H3/t7-/m1/s1. The number of hydrogen-bond acceptors (Lipinski definition) is 8. The van der Waals surface area contributed by atoms with Crippen LogP contribution >= 0.6 is 0 Å². The third kappa shape index (κ3) is 3.54. The molecule has 8 nitrogen and oxygen atoms in total. The van der Waals surface area contributed by atoms with Crippen molar-refractivity contribution in [3.8, 4) is 17.2 Å². The average molecular weight is 298 g/mol. The van der Waals surface area contributed by atoms with Crippen molar-refractivity contribution in [2.45, 2.75) is 12.5 Å². The predicted molar refractivity (Wildman–Crippen MR) is 67.7 cm³/mol. The molecule has 1 aliphatic heterocycles. The zero-order chi connectivity index (χ0) is 15.4. The van der Waals surface area contributed by atoms with Crippen LogP contribution in [0.5, 0.6) is 17.2 Å². The van der Waals surface area contributed by atoms with Gasteiger partial charge in [0.1, 0.15) is 23.9 Å². The van der Waals surface area contributed by atoms with Gasteiger partial charge in [-0.05, 0) is 0 Å². The second kappa shape index (κ2) is 6.31. The second-order valence-corrected chi connectivity index (χ2v) is 4.18. The Bertz CT molecular complexity index is 553. The average Bonchev–Trinajstić information content (AvgIpc) is 2.47. The van der Waals surface area contributed by atoms with Crippen molar-refractivity contribution in [1.29, 1.82) is 0 Å². The molecule has 1 atom stereocenters. The highest BCUT2D eigenvalue weighted by molar-refractivity contribution is 5.68. The summed E-state index contributed by atoms with van der Waals surface area (Å²) >= 11 is 0. The van der Waals surface area contributed by atoms with E-state index in [1.54, 1.807) is 0 Å². The van der Waals surface area contributed by atoms with Crippen LogP contribution < -0.4 is 14.2 Å². The van der Waals surface area contributed by atoms with Crippen LogP contribution in [-0.2, 0) is 15.9 Å². The number of rotatable bonds is 2. The lowest BCUT2D eigenvalue weighted by atomic mass is 10.0. The van der Waals surface area contributed by atoms with Crippen LogP contribution in [0, 0.1) is 0 Å². The SMILES string of the molecule is COC(=O)Oc1cc2c(c(OC(=O)OC)c1)C[C@@H](O)CO2.